The lowest BCUT2D eigenvalue weighted by molar-refractivity contribution is -0.137. The fraction of sp³-hybridized carbons (Fsp3) is 0.250. The minimum atomic E-state index is -4.55. The van der Waals surface area contributed by atoms with Crippen LogP contribution in [0.1, 0.15) is 49.7 Å². The number of aromatic nitrogens is 2. The van der Waals surface area contributed by atoms with Gasteiger partial charge in [0.05, 0.1) is 34.9 Å². The van der Waals surface area contributed by atoms with Gasteiger partial charge < -0.3 is 16.0 Å². The summed E-state index contributed by atoms with van der Waals surface area (Å²) in [6.45, 7) is 3.35. The van der Waals surface area contributed by atoms with E-state index in [1.165, 1.54) is 12.4 Å². The van der Waals surface area contributed by atoms with Crippen molar-refractivity contribution >= 4 is 23.2 Å². The fourth-order valence-corrected chi connectivity index (χ4v) is 4.07. The molecular weight excluding hydrogens is 447 g/mol. The van der Waals surface area contributed by atoms with Gasteiger partial charge in [0.15, 0.2) is 0 Å². The number of pyridine rings is 2. The smallest absolute Gasteiger partial charge is 0.370 e. The van der Waals surface area contributed by atoms with Crippen molar-refractivity contribution in [2.24, 2.45) is 5.73 Å². The number of nitrogens with one attached hydrogen (secondary N) is 1. The molecule has 1 aromatic carbocycles. The number of hydrogen-bond donors (Lipinski definition) is 2. The average Bonchev–Trinajstić information content (AvgIpc) is 3.29. The monoisotopic (exact) mass is 469 g/mol. The van der Waals surface area contributed by atoms with Gasteiger partial charge in [-0.1, -0.05) is 6.07 Å². The third kappa shape index (κ3) is 5.00. The Bertz CT molecular complexity index is 1250. The van der Waals surface area contributed by atoms with Gasteiger partial charge in [0, 0.05) is 37.0 Å². The van der Waals surface area contributed by atoms with Crippen LogP contribution in [0.3, 0.4) is 0 Å². The van der Waals surface area contributed by atoms with Crippen LogP contribution in [0.5, 0.6) is 0 Å². The zero-order chi connectivity index (χ0) is 24.5. The molecule has 0 saturated carbocycles. The summed E-state index contributed by atoms with van der Waals surface area (Å²) in [5.41, 5.74) is 7.85. The summed E-state index contributed by atoms with van der Waals surface area (Å²) < 4.78 is 38.8. The van der Waals surface area contributed by atoms with Crippen LogP contribution in [0.4, 0.5) is 24.5 Å². The Labute approximate surface area is 193 Å². The Morgan fingerprint density at radius 3 is 2.56 bits per heavy atom. The molecule has 2 aromatic heterocycles. The Hall–Kier alpha value is -3.95. The molecule has 0 bridgehead atoms. The number of carbonyl (C=O) groups excluding carboxylic acids is 2. The molecule has 1 fully saturated rings. The number of nitrogens with two attached hydrogens (primary N) is 1. The summed E-state index contributed by atoms with van der Waals surface area (Å²) in [7, 11) is 0. The molecule has 0 aliphatic carbocycles. The number of anilines is 2. The number of halogens is 3. The normalized spacial score (nSPS) is 15.9. The zero-order valence-electron chi connectivity index (χ0n) is 18.3. The molecule has 3 heterocycles. The maximum atomic E-state index is 12.9. The molecule has 0 unspecified atom stereocenters. The number of hydrogen-bond acceptors (Lipinski definition) is 5. The highest BCUT2D eigenvalue weighted by Gasteiger charge is 2.31. The molecule has 3 aromatic rings. The lowest BCUT2D eigenvalue weighted by Gasteiger charge is -2.20. The maximum Gasteiger partial charge on any atom is 0.417 e. The summed E-state index contributed by atoms with van der Waals surface area (Å²) in [6.07, 6.45) is 1.25. The molecule has 0 spiro atoms. The number of alkyl halides is 3. The molecule has 3 N–H and O–H groups in total. The number of primary amides is 1. The lowest BCUT2D eigenvalue weighted by Crippen LogP contribution is -2.21. The first-order valence-corrected chi connectivity index (χ1v) is 10.6. The zero-order valence-corrected chi connectivity index (χ0v) is 18.3. The number of nitrogens with zero attached hydrogens (tertiary/aromatic N) is 3. The highest BCUT2D eigenvalue weighted by molar-refractivity contribution is 6.04. The molecule has 1 aliphatic rings. The van der Waals surface area contributed by atoms with E-state index in [2.05, 4.69) is 20.2 Å². The number of amides is 2. The summed E-state index contributed by atoms with van der Waals surface area (Å²) in [5, 5.41) is 2.50. The van der Waals surface area contributed by atoms with Crippen LogP contribution in [-0.4, -0.2) is 34.9 Å². The SMILES string of the molecule is Cc1ccc(C(=O)Nc2cncc(C(F)(F)F)c2)cc1[C@H]1CCN(c2cncc(C(N)=O)c2)C1. The van der Waals surface area contributed by atoms with Crippen molar-refractivity contribution in [2.45, 2.75) is 25.4 Å². The van der Waals surface area contributed by atoms with Crippen LogP contribution in [0.2, 0.25) is 0 Å². The molecule has 1 atom stereocenters. The fourth-order valence-electron chi connectivity index (χ4n) is 4.07. The molecule has 176 valence electrons. The molecule has 1 aliphatic heterocycles. The third-order valence-corrected chi connectivity index (χ3v) is 5.87. The minimum Gasteiger partial charge on any atom is -0.370 e. The first-order chi connectivity index (χ1) is 16.1. The number of carbonyl (C=O) groups is 2. The first-order valence-electron chi connectivity index (χ1n) is 10.6. The van der Waals surface area contributed by atoms with E-state index in [0.717, 1.165) is 35.8 Å². The van der Waals surface area contributed by atoms with Gasteiger partial charge >= 0.3 is 6.18 Å². The molecule has 34 heavy (non-hydrogen) atoms. The summed E-state index contributed by atoms with van der Waals surface area (Å²) in [4.78, 5) is 34.0. The molecular formula is C24H22F3N5O2. The van der Waals surface area contributed by atoms with Crippen LogP contribution < -0.4 is 16.0 Å². The van der Waals surface area contributed by atoms with Crippen LogP contribution in [0, 0.1) is 6.92 Å². The highest BCUT2D eigenvalue weighted by Crippen LogP contribution is 2.33. The Kier molecular flexibility index (Phi) is 6.23. The van der Waals surface area contributed by atoms with Crippen molar-refractivity contribution in [3.05, 3.63) is 82.9 Å². The van der Waals surface area contributed by atoms with Gasteiger partial charge in [-0.05, 0) is 48.7 Å². The predicted molar refractivity (Wildman–Crippen MR) is 121 cm³/mol. The van der Waals surface area contributed by atoms with E-state index in [1.54, 1.807) is 24.4 Å². The van der Waals surface area contributed by atoms with Gasteiger partial charge in [0.25, 0.3) is 5.91 Å². The van der Waals surface area contributed by atoms with E-state index >= 15 is 0 Å². The predicted octanol–water partition coefficient (Wildman–Crippen LogP) is 4.15. The second-order valence-corrected chi connectivity index (χ2v) is 8.21. The average molecular weight is 469 g/mol. The Morgan fingerprint density at radius 2 is 1.82 bits per heavy atom. The second kappa shape index (κ2) is 9.12. The third-order valence-electron chi connectivity index (χ3n) is 5.87. The van der Waals surface area contributed by atoms with Gasteiger partial charge in [0.1, 0.15) is 0 Å². The molecule has 7 nitrogen and oxygen atoms in total. The van der Waals surface area contributed by atoms with Crippen LogP contribution in [0.25, 0.3) is 0 Å². The molecule has 1 saturated heterocycles. The lowest BCUT2D eigenvalue weighted by atomic mass is 9.92. The van der Waals surface area contributed by atoms with E-state index in [-0.39, 0.29) is 11.6 Å². The topological polar surface area (TPSA) is 101 Å². The van der Waals surface area contributed by atoms with Gasteiger partial charge in [-0.15, -0.1) is 0 Å². The largest absolute Gasteiger partial charge is 0.417 e. The number of rotatable bonds is 5. The van der Waals surface area contributed by atoms with Gasteiger partial charge in [-0.25, -0.2) is 0 Å². The summed E-state index contributed by atoms with van der Waals surface area (Å²) >= 11 is 0. The summed E-state index contributed by atoms with van der Waals surface area (Å²) in [5.74, 6) is -0.938. The van der Waals surface area contributed by atoms with Crippen LogP contribution in [0.15, 0.2) is 55.1 Å². The maximum absolute atomic E-state index is 12.9. The van der Waals surface area contributed by atoms with Crippen molar-refractivity contribution in [3.63, 3.8) is 0 Å². The highest BCUT2D eigenvalue weighted by atomic mass is 19.4. The van der Waals surface area contributed by atoms with E-state index in [0.29, 0.717) is 23.9 Å². The van der Waals surface area contributed by atoms with Gasteiger partial charge in [-0.2, -0.15) is 13.2 Å². The van der Waals surface area contributed by atoms with Crippen molar-refractivity contribution in [1.29, 1.82) is 0 Å². The minimum absolute atomic E-state index is 0.0316. The molecule has 2 amide bonds. The second-order valence-electron chi connectivity index (χ2n) is 8.21. The van der Waals surface area contributed by atoms with E-state index in [4.69, 9.17) is 5.73 Å². The number of aryl methyl sites for hydroxylation is 1. The molecule has 0 radical (unpaired) electrons. The molecule has 10 heteroatoms. The Balaban J connectivity index is 1.51. The van der Waals surface area contributed by atoms with E-state index < -0.39 is 23.6 Å². The van der Waals surface area contributed by atoms with Gasteiger partial charge in [-0.3, -0.25) is 19.6 Å². The van der Waals surface area contributed by atoms with Crippen LogP contribution in [-0.2, 0) is 6.18 Å². The molecule has 4 rings (SSSR count). The van der Waals surface area contributed by atoms with Crippen molar-refractivity contribution < 1.29 is 22.8 Å². The van der Waals surface area contributed by atoms with Crippen LogP contribution >= 0.6 is 0 Å². The number of benzene rings is 1. The van der Waals surface area contributed by atoms with Crippen molar-refractivity contribution in [2.75, 3.05) is 23.3 Å². The standard InChI is InChI=1S/C24H22F3N5O2/c1-14-2-3-15(23(34)31-19-8-18(10-30-11-19)24(25,26)27)7-21(14)16-4-5-32(13-16)20-6-17(22(28)33)9-29-12-20/h2-3,6-12,16H,4-5,13H2,1H3,(H2,28,33)(H,31,34)/t16-/m0/s1. The van der Waals surface area contributed by atoms with Crippen molar-refractivity contribution in [1.82, 2.24) is 9.97 Å². The Morgan fingerprint density at radius 1 is 1.06 bits per heavy atom. The quantitative estimate of drug-likeness (QED) is 0.585. The van der Waals surface area contributed by atoms with Crippen molar-refractivity contribution in [3.8, 4) is 0 Å². The first kappa shape index (κ1) is 23.2. The summed E-state index contributed by atoms with van der Waals surface area (Å²) in [6, 6.07) is 7.80. The van der Waals surface area contributed by atoms with E-state index in [1.807, 2.05) is 13.0 Å². The van der Waals surface area contributed by atoms with Gasteiger partial charge in [0.2, 0.25) is 5.91 Å². The van der Waals surface area contributed by atoms with E-state index in [9.17, 15) is 22.8 Å².